The van der Waals surface area contributed by atoms with Gasteiger partial charge >= 0.3 is 0 Å². The van der Waals surface area contributed by atoms with Crippen molar-refractivity contribution < 1.29 is 13.5 Å². The first kappa shape index (κ1) is 16.9. The minimum absolute atomic E-state index is 0.0248. The fourth-order valence-electron chi connectivity index (χ4n) is 3.46. The second kappa shape index (κ2) is 6.34. The van der Waals surface area contributed by atoms with E-state index in [1.807, 2.05) is 0 Å². The molecule has 1 aliphatic rings. The van der Waals surface area contributed by atoms with Crippen molar-refractivity contribution >= 4 is 10.9 Å². The number of aromatic nitrogens is 3. The summed E-state index contributed by atoms with van der Waals surface area (Å²) in [6, 6.07) is 3.47. The zero-order chi connectivity index (χ0) is 18.4. The molecule has 0 radical (unpaired) electrons. The Labute approximate surface area is 150 Å². The summed E-state index contributed by atoms with van der Waals surface area (Å²) in [7, 11) is 0. The van der Waals surface area contributed by atoms with Gasteiger partial charge in [0.2, 0.25) is 0 Å². The molecule has 0 spiro atoms. The van der Waals surface area contributed by atoms with Crippen LogP contribution in [0.4, 0.5) is 8.78 Å². The van der Waals surface area contributed by atoms with Gasteiger partial charge in [-0.1, -0.05) is 6.92 Å². The summed E-state index contributed by atoms with van der Waals surface area (Å²) in [6.07, 6.45) is 2.98. The first-order valence-electron chi connectivity index (χ1n) is 8.83. The first-order valence-corrected chi connectivity index (χ1v) is 8.83. The number of rotatable bonds is 5. The lowest BCUT2D eigenvalue weighted by Crippen LogP contribution is -2.07. The van der Waals surface area contributed by atoms with Gasteiger partial charge in [-0.2, -0.15) is 5.10 Å². The van der Waals surface area contributed by atoms with Crippen LogP contribution in [0.1, 0.15) is 30.2 Å². The van der Waals surface area contributed by atoms with Crippen molar-refractivity contribution in [1.29, 1.82) is 0 Å². The van der Waals surface area contributed by atoms with E-state index in [0.717, 1.165) is 35.0 Å². The van der Waals surface area contributed by atoms with Crippen LogP contribution in [-0.2, 0) is 13.2 Å². The number of aryl methyl sites for hydroxylation is 1. The van der Waals surface area contributed by atoms with Gasteiger partial charge in [-0.25, -0.2) is 8.78 Å². The van der Waals surface area contributed by atoms with Crippen LogP contribution in [0.5, 0.6) is 5.88 Å². The van der Waals surface area contributed by atoms with Crippen LogP contribution in [-0.4, -0.2) is 14.8 Å². The zero-order valence-corrected chi connectivity index (χ0v) is 15.1. The number of hydrogen-bond acceptors (Lipinski definition) is 3. The molecule has 0 N–H and O–H groups in total. The van der Waals surface area contributed by atoms with Gasteiger partial charge in [0.15, 0.2) is 0 Å². The smallest absolute Gasteiger partial charge is 0.258 e. The third-order valence-corrected chi connectivity index (χ3v) is 5.49. The molecule has 3 aromatic rings. The van der Waals surface area contributed by atoms with Crippen molar-refractivity contribution in [3.8, 4) is 5.88 Å². The number of hydrogen-bond donors (Lipinski definition) is 0. The quantitative estimate of drug-likeness (QED) is 0.672. The Morgan fingerprint density at radius 2 is 2.04 bits per heavy atom. The van der Waals surface area contributed by atoms with E-state index >= 15 is 0 Å². The van der Waals surface area contributed by atoms with Crippen LogP contribution < -0.4 is 4.74 Å². The van der Waals surface area contributed by atoms with E-state index in [2.05, 4.69) is 35.5 Å². The molecule has 2 atom stereocenters. The lowest BCUT2D eigenvalue weighted by Gasteiger charge is -2.11. The molecule has 1 fully saturated rings. The number of halogens is 2. The number of fused-ring (bicyclic) bond motifs is 1. The van der Waals surface area contributed by atoms with Crippen molar-refractivity contribution in [3.63, 3.8) is 0 Å². The van der Waals surface area contributed by atoms with E-state index in [0.29, 0.717) is 11.8 Å². The van der Waals surface area contributed by atoms with Gasteiger partial charge in [0.05, 0.1) is 6.20 Å². The Balaban J connectivity index is 1.69. The third kappa shape index (κ3) is 2.93. The van der Waals surface area contributed by atoms with E-state index in [4.69, 9.17) is 4.74 Å². The fourth-order valence-corrected chi connectivity index (χ4v) is 3.46. The second-order valence-corrected chi connectivity index (χ2v) is 7.23. The van der Waals surface area contributed by atoms with Gasteiger partial charge in [-0.15, -0.1) is 5.10 Å². The Morgan fingerprint density at radius 1 is 1.27 bits per heavy atom. The summed E-state index contributed by atoms with van der Waals surface area (Å²) in [6.45, 7) is 7.31. The van der Waals surface area contributed by atoms with Crippen molar-refractivity contribution in [2.45, 2.75) is 40.3 Å². The lowest BCUT2D eigenvalue weighted by molar-refractivity contribution is 0.286. The number of nitrogens with zero attached hydrogens (tertiary/aromatic N) is 3. The Morgan fingerprint density at radius 3 is 2.73 bits per heavy atom. The average Bonchev–Trinajstić information content (AvgIpc) is 3.26. The summed E-state index contributed by atoms with van der Waals surface area (Å²) in [5.41, 5.74) is 3.51. The molecule has 26 heavy (non-hydrogen) atoms. The maximum absolute atomic E-state index is 13.9. The zero-order valence-electron chi connectivity index (χ0n) is 15.1. The van der Waals surface area contributed by atoms with E-state index in [1.54, 1.807) is 6.20 Å². The standard InChI is InChI=1S/C20H21F2N3O/c1-11-6-15(11)9-25-13(3)12(2)17-8-23-24-20(19(17)25)26-10-14-4-5-16(21)7-18(14)22/h4-5,7-8,11,15H,6,9-10H2,1-3H3/t11-,15+/m0/s1. The minimum Gasteiger partial charge on any atom is -0.470 e. The Kier molecular flexibility index (Phi) is 4.13. The highest BCUT2D eigenvalue weighted by molar-refractivity contribution is 5.88. The molecule has 136 valence electrons. The van der Waals surface area contributed by atoms with Crippen molar-refractivity contribution in [3.05, 3.63) is 52.9 Å². The molecule has 0 aliphatic heterocycles. The van der Waals surface area contributed by atoms with E-state index in [9.17, 15) is 8.78 Å². The summed E-state index contributed by atoms with van der Waals surface area (Å²) in [5.74, 6) is 0.557. The topological polar surface area (TPSA) is 39.9 Å². The molecule has 6 heteroatoms. The molecule has 0 bridgehead atoms. The van der Waals surface area contributed by atoms with Crippen LogP contribution in [0.3, 0.4) is 0 Å². The molecule has 4 nitrogen and oxygen atoms in total. The molecule has 0 unspecified atom stereocenters. The molecule has 1 saturated carbocycles. The molecule has 0 amide bonds. The predicted octanol–water partition coefficient (Wildman–Crippen LogP) is 4.56. The van der Waals surface area contributed by atoms with Gasteiger partial charge in [0, 0.05) is 29.3 Å². The van der Waals surface area contributed by atoms with Crippen LogP contribution >= 0.6 is 0 Å². The molecule has 1 aliphatic carbocycles. The number of ether oxygens (including phenoxy) is 1. The summed E-state index contributed by atoms with van der Waals surface area (Å²) < 4.78 is 35.0. The van der Waals surface area contributed by atoms with Crippen molar-refractivity contribution in [2.75, 3.05) is 0 Å². The van der Waals surface area contributed by atoms with Crippen LogP contribution in [0, 0.1) is 37.3 Å². The molecular formula is C20H21F2N3O. The van der Waals surface area contributed by atoms with Gasteiger partial charge in [0.1, 0.15) is 23.8 Å². The van der Waals surface area contributed by atoms with Crippen molar-refractivity contribution in [1.82, 2.24) is 14.8 Å². The predicted molar refractivity (Wildman–Crippen MR) is 95.0 cm³/mol. The average molecular weight is 357 g/mol. The highest BCUT2D eigenvalue weighted by Crippen LogP contribution is 2.41. The Bertz CT molecular complexity index is 983. The van der Waals surface area contributed by atoms with Gasteiger partial charge in [-0.05, 0) is 49.8 Å². The van der Waals surface area contributed by atoms with Gasteiger partial charge in [-0.3, -0.25) is 0 Å². The van der Waals surface area contributed by atoms with E-state index < -0.39 is 11.6 Å². The maximum atomic E-state index is 13.9. The molecule has 1 aromatic carbocycles. The molecule has 0 saturated heterocycles. The van der Waals surface area contributed by atoms with Crippen molar-refractivity contribution in [2.24, 2.45) is 11.8 Å². The van der Waals surface area contributed by atoms with E-state index in [-0.39, 0.29) is 12.2 Å². The van der Waals surface area contributed by atoms with Gasteiger partial charge in [0.25, 0.3) is 5.88 Å². The molecule has 2 heterocycles. The monoisotopic (exact) mass is 357 g/mol. The lowest BCUT2D eigenvalue weighted by atomic mass is 10.2. The first-order chi connectivity index (χ1) is 12.5. The molecular weight excluding hydrogens is 336 g/mol. The Hall–Kier alpha value is -2.50. The summed E-state index contributed by atoms with van der Waals surface area (Å²) in [4.78, 5) is 0. The maximum Gasteiger partial charge on any atom is 0.258 e. The number of benzene rings is 1. The minimum atomic E-state index is -0.625. The highest BCUT2D eigenvalue weighted by Gasteiger charge is 2.34. The summed E-state index contributed by atoms with van der Waals surface area (Å²) >= 11 is 0. The van der Waals surface area contributed by atoms with Gasteiger partial charge < -0.3 is 9.30 Å². The van der Waals surface area contributed by atoms with Crippen LogP contribution in [0.2, 0.25) is 0 Å². The normalized spacial score (nSPS) is 19.1. The SMILES string of the molecule is Cc1c(C)n(C[C@H]2C[C@@H]2C)c2c(OCc3ccc(F)cc3F)nncc12. The largest absolute Gasteiger partial charge is 0.470 e. The van der Waals surface area contributed by atoms with Crippen LogP contribution in [0.15, 0.2) is 24.4 Å². The van der Waals surface area contributed by atoms with Crippen LogP contribution in [0.25, 0.3) is 10.9 Å². The second-order valence-electron chi connectivity index (χ2n) is 7.23. The molecule has 2 aromatic heterocycles. The molecule has 4 rings (SSSR count). The third-order valence-electron chi connectivity index (χ3n) is 5.49. The van der Waals surface area contributed by atoms with E-state index in [1.165, 1.54) is 24.2 Å². The summed E-state index contributed by atoms with van der Waals surface area (Å²) in [5, 5.41) is 9.19. The highest BCUT2D eigenvalue weighted by atomic mass is 19.1. The fraction of sp³-hybridized carbons (Fsp3) is 0.400.